The van der Waals surface area contributed by atoms with Crippen molar-refractivity contribution in [2.45, 2.75) is 13.1 Å². The van der Waals surface area contributed by atoms with Crippen LogP contribution in [0.25, 0.3) is 17.0 Å². The molecule has 0 spiro atoms. The fourth-order valence-electron chi connectivity index (χ4n) is 3.91. The van der Waals surface area contributed by atoms with Crippen molar-refractivity contribution in [3.63, 3.8) is 0 Å². The van der Waals surface area contributed by atoms with E-state index in [9.17, 15) is 9.59 Å². The third-order valence-electron chi connectivity index (χ3n) is 5.57. The largest absolute Gasteiger partial charge is 0.342 e. The van der Waals surface area contributed by atoms with E-state index in [1.54, 1.807) is 24.3 Å². The zero-order valence-electron chi connectivity index (χ0n) is 17.7. The van der Waals surface area contributed by atoms with Crippen molar-refractivity contribution in [3.05, 3.63) is 110 Å². The Kier molecular flexibility index (Phi) is 6.45. The minimum atomic E-state index is -0.324. The molecule has 2 amide bonds. The maximum atomic E-state index is 13.1. The fourth-order valence-corrected chi connectivity index (χ4v) is 5.18. The summed E-state index contributed by atoms with van der Waals surface area (Å²) < 4.78 is 2.13. The molecule has 0 bridgehead atoms. The Morgan fingerprint density at radius 2 is 1.56 bits per heavy atom. The van der Waals surface area contributed by atoms with Crippen molar-refractivity contribution in [2.75, 3.05) is 0 Å². The van der Waals surface area contributed by atoms with Gasteiger partial charge in [0.2, 0.25) is 0 Å². The van der Waals surface area contributed by atoms with Gasteiger partial charge in [0.05, 0.1) is 21.5 Å². The molecule has 0 aliphatic carbocycles. The first-order chi connectivity index (χ1) is 16.4. The van der Waals surface area contributed by atoms with E-state index in [2.05, 4.69) is 4.57 Å². The Hall–Kier alpha value is -2.70. The minimum absolute atomic E-state index is 0.136. The average molecular weight is 528 g/mol. The molecule has 0 atom stereocenters. The zero-order valence-corrected chi connectivity index (χ0v) is 20.8. The normalized spacial score (nSPS) is 15.1. The Morgan fingerprint density at radius 1 is 0.824 bits per heavy atom. The van der Waals surface area contributed by atoms with Gasteiger partial charge in [0.15, 0.2) is 0 Å². The number of carbonyl (C=O) groups excluding carboxylic acids is 2. The summed E-state index contributed by atoms with van der Waals surface area (Å²) in [6, 6.07) is 20.8. The highest BCUT2D eigenvalue weighted by Crippen LogP contribution is 2.35. The summed E-state index contributed by atoms with van der Waals surface area (Å²) in [7, 11) is 0. The molecular weight excluding hydrogens is 511 g/mol. The molecule has 1 aliphatic heterocycles. The van der Waals surface area contributed by atoms with Gasteiger partial charge >= 0.3 is 0 Å². The molecule has 4 aromatic rings. The summed E-state index contributed by atoms with van der Waals surface area (Å²) in [4.78, 5) is 27.3. The number of thioether (sulfide) groups is 1. The summed E-state index contributed by atoms with van der Waals surface area (Å²) >= 11 is 19.0. The second-order valence-electron chi connectivity index (χ2n) is 7.87. The monoisotopic (exact) mass is 526 g/mol. The molecule has 1 saturated heterocycles. The van der Waals surface area contributed by atoms with Crippen molar-refractivity contribution in [2.24, 2.45) is 0 Å². The maximum Gasteiger partial charge on any atom is 0.293 e. The third kappa shape index (κ3) is 4.62. The number of para-hydroxylation sites is 1. The van der Waals surface area contributed by atoms with Crippen LogP contribution in [0.15, 0.2) is 77.8 Å². The number of benzene rings is 3. The van der Waals surface area contributed by atoms with Crippen LogP contribution in [0.5, 0.6) is 0 Å². The lowest BCUT2D eigenvalue weighted by Crippen LogP contribution is -2.27. The zero-order chi connectivity index (χ0) is 23.8. The van der Waals surface area contributed by atoms with Gasteiger partial charge in [-0.2, -0.15) is 0 Å². The number of hydrogen-bond acceptors (Lipinski definition) is 3. The van der Waals surface area contributed by atoms with E-state index in [1.807, 2.05) is 54.7 Å². The Labute approximate surface area is 215 Å². The summed E-state index contributed by atoms with van der Waals surface area (Å²) in [5.41, 5.74) is 3.76. The molecular formula is C26H17Cl3N2O2S. The lowest BCUT2D eigenvalue weighted by molar-refractivity contribution is -0.123. The van der Waals surface area contributed by atoms with Gasteiger partial charge in [0.25, 0.3) is 11.1 Å². The van der Waals surface area contributed by atoms with Gasteiger partial charge in [-0.25, -0.2) is 0 Å². The van der Waals surface area contributed by atoms with Gasteiger partial charge in [0, 0.05) is 34.2 Å². The number of carbonyl (C=O) groups is 2. The topological polar surface area (TPSA) is 42.3 Å². The van der Waals surface area contributed by atoms with Crippen LogP contribution in [0.1, 0.15) is 16.7 Å². The maximum absolute atomic E-state index is 13.1. The number of halogens is 3. The van der Waals surface area contributed by atoms with Crippen LogP contribution in [-0.2, 0) is 17.9 Å². The van der Waals surface area contributed by atoms with E-state index in [0.29, 0.717) is 26.5 Å². The van der Waals surface area contributed by atoms with Gasteiger partial charge in [-0.1, -0.05) is 71.2 Å². The molecule has 5 rings (SSSR count). The lowest BCUT2D eigenvalue weighted by Gasteiger charge is -2.12. The van der Waals surface area contributed by atoms with E-state index in [4.69, 9.17) is 34.8 Å². The van der Waals surface area contributed by atoms with Crippen molar-refractivity contribution >= 4 is 74.7 Å². The lowest BCUT2D eigenvalue weighted by atomic mass is 10.1. The molecule has 0 N–H and O–H groups in total. The summed E-state index contributed by atoms with van der Waals surface area (Å²) in [5, 5.41) is 2.20. The van der Waals surface area contributed by atoms with Gasteiger partial charge in [-0.3, -0.25) is 14.5 Å². The predicted molar refractivity (Wildman–Crippen MR) is 140 cm³/mol. The molecule has 1 aliphatic rings. The smallest absolute Gasteiger partial charge is 0.293 e. The Morgan fingerprint density at radius 3 is 2.32 bits per heavy atom. The molecule has 170 valence electrons. The van der Waals surface area contributed by atoms with Crippen LogP contribution in [0, 0.1) is 0 Å². The van der Waals surface area contributed by atoms with Crippen LogP contribution in [0.2, 0.25) is 15.1 Å². The number of amides is 2. The summed E-state index contributed by atoms with van der Waals surface area (Å²) in [6.45, 7) is 0.793. The second kappa shape index (κ2) is 9.51. The molecule has 8 heteroatoms. The summed E-state index contributed by atoms with van der Waals surface area (Å²) in [6.07, 6.45) is 3.80. The quantitative estimate of drug-likeness (QED) is 0.248. The number of aromatic nitrogens is 1. The number of imide groups is 1. The van der Waals surface area contributed by atoms with Crippen LogP contribution in [0.4, 0.5) is 4.79 Å². The number of nitrogens with zero attached hydrogens (tertiary/aromatic N) is 2. The highest BCUT2D eigenvalue weighted by Gasteiger charge is 2.35. The first-order valence-electron chi connectivity index (χ1n) is 10.4. The van der Waals surface area contributed by atoms with Crippen LogP contribution in [-0.4, -0.2) is 20.6 Å². The molecule has 1 fully saturated rings. The summed E-state index contributed by atoms with van der Waals surface area (Å²) in [5.74, 6) is -0.324. The number of hydrogen-bond donors (Lipinski definition) is 0. The van der Waals surface area contributed by atoms with Crippen molar-refractivity contribution in [1.29, 1.82) is 0 Å². The standard InChI is InChI=1S/C26H17Cl3N2O2S/c27-19-8-5-16(6-9-19)13-30-15-18(20-3-1-2-4-23(20)30)12-24-25(32)31(26(33)34-24)14-17-7-10-21(28)22(29)11-17/h1-12,15H,13-14H2/b24-12-. The van der Waals surface area contributed by atoms with Gasteiger partial charge in [0.1, 0.15) is 0 Å². The number of fused-ring (bicyclic) bond motifs is 1. The van der Waals surface area contributed by atoms with E-state index in [0.717, 1.165) is 39.4 Å². The molecule has 1 aromatic heterocycles. The van der Waals surface area contributed by atoms with E-state index in [-0.39, 0.29) is 17.7 Å². The molecule has 0 unspecified atom stereocenters. The predicted octanol–water partition coefficient (Wildman–Crippen LogP) is 7.89. The first-order valence-corrected chi connectivity index (χ1v) is 12.4. The molecule has 3 aromatic carbocycles. The van der Waals surface area contributed by atoms with Crippen molar-refractivity contribution in [3.8, 4) is 0 Å². The Balaban J connectivity index is 1.44. The van der Waals surface area contributed by atoms with E-state index < -0.39 is 0 Å². The second-order valence-corrected chi connectivity index (χ2v) is 10.1. The number of rotatable bonds is 5. The van der Waals surface area contributed by atoms with Crippen molar-refractivity contribution in [1.82, 2.24) is 9.47 Å². The molecule has 0 saturated carbocycles. The average Bonchev–Trinajstić information content (AvgIpc) is 3.30. The first kappa shape index (κ1) is 23.1. The highest BCUT2D eigenvalue weighted by molar-refractivity contribution is 8.18. The molecule has 2 heterocycles. The minimum Gasteiger partial charge on any atom is -0.342 e. The molecule has 34 heavy (non-hydrogen) atoms. The van der Waals surface area contributed by atoms with E-state index in [1.165, 1.54) is 4.90 Å². The van der Waals surface area contributed by atoms with Gasteiger partial charge in [-0.05, 0) is 59.3 Å². The van der Waals surface area contributed by atoms with Crippen LogP contribution in [0.3, 0.4) is 0 Å². The highest BCUT2D eigenvalue weighted by atomic mass is 35.5. The van der Waals surface area contributed by atoms with Gasteiger partial charge in [-0.15, -0.1) is 0 Å². The molecule has 4 nitrogen and oxygen atoms in total. The Bertz CT molecular complexity index is 1460. The third-order valence-corrected chi connectivity index (χ3v) is 7.47. The SMILES string of the molecule is O=C1S/C(=C\c2cn(Cc3ccc(Cl)cc3)c3ccccc23)C(=O)N1Cc1ccc(Cl)c(Cl)c1. The van der Waals surface area contributed by atoms with Crippen LogP contribution < -0.4 is 0 Å². The fraction of sp³-hybridized carbons (Fsp3) is 0.0769. The molecule has 0 radical (unpaired) electrons. The van der Waals surface area contributed by atoms with Crippen LogP contribution >= 0.6 is 46.6 Å². The van der Waals surface area contributed by atoms with E-state index >= 15 is 0 Å². The van der Waals surface area contributed by atoms with Crippen molar-refractivity contribution < 1.29 is 9.59 Å². The van der Waals surface area contributed by atoms with Gasteiger partial charge < -0.3 is 4.57 Å².